The highest BCUT2D eigenvalue weighted by Crippen LogP contribution is 2.28. The van der Waals surface area contributed by atoms with Crippen molar-refractivity contribution in [1.29, 1.82) is 0 Å². The van der Waals surface area contributed by atoms with Gasteiger partial charge >= 0.3 is 0 Å². The summed E-state index contributed by atoms with van der Waals surface area (Å²) in [6.07, 6.45) is 1.54. The van der Waals surface area contributed by atoms with Gasteiger partial charge in [-0.3, -0.25) is 14.0 Å². The van der Waals surface area contributed by atoms with E-state index in [1.807, 2.05) is 30.3 Å². The molecule has 1 N–H and O–H groups in total. The maximum Gasteiger partial charge on any atom is 0.274 e. The Labute approximate surface area is 154 Å². The lowest BCUT2D eigenvalue weighted by Gasteiger charge is -2.15. The normalized spacial score (nSPS) is 11.1. The van der Waals surface area contributed by atoms with Crippen molar-refractivity contribution >= 4 is 22.5 Å². The number of carbonyl (C=O) groups is 1. The van der Waals surface area contributed by atoms with E-state index in [0.29, 0.717) is 33.7 Å². The van der Waals surface area contributed by atoms with Gasteiger partial charge < -0.3 is 14.6 Å². The Bertz CT molecular complexity index is 1220. The Kier molecular flexibility index (Phi) is 3.92. The van der Waals surface area contributed by atoms with Gasteiger partial charge in [0.05, 0.1) is 29.9 Å². The number of nitrogens with zero attached hydrogens (tertiary/aromatic N) is 3. The van der Waals surface area contributed by atoms with Crippen LogP contribution in [0.1, 0.15) is 10.4 Å². The molecule has 2 aromatic heterocycles. The minimum atomic E-state index is -0.258. The van der Waals surface area contributed by atoms with Gasteiger partial charge in [0.25, 0.3) is 11.5 Å². The van der Waals surface area contributed by atoms with E-state index >= 15 is 0 Å². The van der Waals surface area contributed by atoms with Crippen LogP contribution in [0.25, 0.3) is 27.9 Å². The lowest BCUT2D eigenvalue weighted by Crippen LogP contribution is -2.22. The quantitative estimate of drug-likeness (QED) is 0.607. The van der Waals surface area contributed by atoms with Crippen LogP contribution in [0.3, 0.4) is 0 Å². The SMILES string of the molecule is COc1cc2[nH]c(=O)c3cnc(-c4ccccc4)n3c2cc1C(=O)N(C)C. The summed E-state index contributed by atoms with van der Waals surface area (Å²) in [6.45, 7) is 0. The summed E-state index contributed by atoms with van der Waals surface area (Å²) < 4.78 is 7.15. The molecule has 27 heavy (non-hydrogen) atoms. The van der Waals surface area contributed by atoms with Gasteiger partial charge in [-0.05, 0) is 6.07 Å². The number of hydrogen-bond acceptors (Lipinski definition) is 4. The first-order valence-electron chi connectivity index (χ1n) is 8.40. The number of hydrogen-bond donors (Lipinski definition) is 1. The molecular weight excluding hydrogens is 344 g/mol. The fraction of sp³-hybridized carbons (Fsp3) is 0.150. The Morgan fingerprint density at radius 3 is 2.56 bits per heavy atom. The third-order valence-corrected chi connectivity index (χ3v) is 4.47. The van der Waals surface area contributed by atoms with Gasteiger partial charge in [0.15, 0.2) is 0 Å². The molecule has 0 aliphatic rings. The summed E-state index contributed by atoms with van der Waals surface area (Å²) in [4.78, 5) is 33.9. The van der Waals surface area contributed by atoms with Gasteiger partial charge in [-0.1, -0.05) is 30.3 Å². The van der Waals surface area contributed by atoms with Crippen molar-refractivity contribution in [1.82, 2.24) is 19.3 Å². The van der Waals surface area contributed by atoms with Gasteiger partial charge in [-0.25, -0.2) is 4.98 Å². The van der Waals surface area contributed by atoms with Gasteiger partial charge in [-0.15, -0.1) is 0 Å². The number of imidazole rings is 1. The summed E-state index contributed by atoms with van der Waals surface area (Å²) in [5.41, 5.74) is 2.68. The number of benzene rings is 2. The third kappa shape index (κ3) is 2.64. The van der Waals surface area contributed by atoms with Crippen LogP contribution in [0.2, 0.25) is 0 Å². The lowest BCUT2D eigenvalue weighted by atomic mass is 10.1. The number of methoxy groups -OCH3 is 1. The number of rotatable bonds is 3. The number of fused-ring (bicyclic) bond motifs is 3. The maximum atomic E-state index is 12.6. The minimum Gasteiger partial charge on any atom is -0.496 e. The van der Waals surface area contributed by atoms with Gasteiger partial charge in [-0.2, -0.15) is 0 Å². The number of carbonyl (C=O) groups excluding carboxylic acids is 1. The predicted molar refractivity (Wildman–Crippen MR) is 103 cm³/mol. The molecule has 0 atom stereocenters. The molecule has 0 aliphatic carbocycles. The molecule has 2 heterocycles. The standard InChI is InChI=1S/C20H18N4O3/c1-23(2)20(26)13-9-15-14(10-17(13)27-3)22-19(25)16-11-21-18(24(15)16)12-7-5-4-6-8-12/h4-11H,1-3H3,(H,22,25). The second-order valence-corrected chi connectivity index (χ2v) is 6.39. The summed E-state index contributed by atoms with van der Waals surface area (Å²) in [5.74, 6) is 0.849. The molecule has 0 unspecified atom stereocenters. The molecule has 7 heteroatoms. The number of nitrogens with one attached hydrogen (secondary N) is 1. The molecule has 0 bridgehead atoms. The molecular formula is C20H18N4O3. The molecule has 136 valence electrons. The minimum absolute atomic E-state index is 0.186. The molecule has 0 fully saturated rings. The highest BCUT2D eigenvalue weighted by molar-refractivity contribution is 6.00. The van der Waals surface area contributed by atoms with E-state index in [2.05, 4.69) is 9.97 Å². The van der Waals surface area contributed by atoms with Crippen LogP contribution in [0.5, 0.6) is 5.75 Å². The molecule has 4 rings (SSSR count). The van der Waals surface area contributed by atoms with E-state index < -0.39 is 0 Å². The molecule has 7 nitrogen and oxygen atoms in total. The first-order valence-corrected chi connectivity index (χ1v) is 8.40. The molecule has 0 spiro atoms. The number of amides is 1. The van der Waals surface area contributed by atoms with Crippen LogP contribution in [0.15, 0.2) is 53.5 Å². The van der Waals surface area contributed by atoms with E-state index in [4.69, 9.17) is 4.74 Å². The average Bonchev–Trinajstić information content (AvgIpc) is 3.13. The Balaban J connectivity index is 2.13. The van der Waals surface area contributed by atoms with Crippen LogP contribution in [-0.2, 0) is 0 Å². The van der Waals surface area contributed by atoms with Crippen molar-refractivity contribution in [2.45, 2.75) is 0 Å². The summed E-state index contributed by atoms with van der Waals surface area (Å²) in [5, 5.41) is 0. The largest absolute Gasteiger partial charge is 0.496 e. The van der Waals surface area contributed by atoms with Crippen molar-refractivity contribution in [2.24, 2.45) is 0 Å². The topological polar surface area (TPSA) is 79.7 Å². The highest BCUT2D eigenvalue weighted by atomic mass is 16.5. The van der Waals surface area contributed by atoms with Crippen molar-refractivity contribution in [3.05, 3.63) is 64.6 Å². The van der Waals surface area contributed by atoms with E-state index in [9.17, 15) is 9.59 Å². The predicted octanol–water partition coefficient (Wildman–Crippen LogP) is 2.55. The molecule has 0 radical (unpaired) electrons. The molecule has 1 amide bonds. The van der Waals surface area contributed by atoms with E-state index in [1.54, 1.807) is 30.6 Å². The third-order valence-electron chi connectivity index (χ3n) is 4.47. The van der Waals surface area contributed by atoms with Crippen LogP contribution in [0.4, 0.5) is 0 Å². The van der Waals surface area contributed by atoms with Crippen molar-refractivity contribution in [3.63, 3.8) is 0 Å². The van der Waals surface area contributed by atoms with E-state index in [0.717, 1.165) is 5.56 Å². The zero-order valence-corrected chi connectivity index (χ0v) is 15.2. The molecule has 0 saturated heterocycles. The fourth-order valence-corrected chi connectivity index (χ4v) is 3.16. The van der Waals surface area contributed by atoms with E-state index in [-0.39, 0.29) is 11.5 Å². The van der Waals surface area contributed by atoms with Gasteiger partial charge in [0, 0.05) is 25.7 Å². The van der Waals surface area contributed by atoms with Gasteiger partial charge in [0.2, 0.25) is 0 Å². The number of H-pyrrole nitrogens is 1. The van der Waals surface area contributed by atoms with Crippen LogP contribution >= 0.6 is 0 Å². The Morgan fingerprint density at radius 1 is 1.15 bits per heavy atom. The number of aromatic nitrogens is 3. The summed E-state index contributed by atoms with van der Waals surface area (Å²) >= 11 is 0. The fourth-order valence-electron chi connectivity index (χ4n) is 3.16. The van der Waals surface area contributed by atoms with Crippen molar-refractivity contribution < 1.29 is 9.53 Å². The zero-order valence-electron chi connectivity index (χ0n) is 15.2. The lowest BCUT2D eigenvalue weighted by molar-refractivity contribution is 0.0824. The molecule has 2 aromatic carbocycles. The second kappa shape index (κ2) is 6.28. The first kappa shape index (κ1) is 16.8. The highest BCUT2D eigenvalue weighted by Gasteiger charge is 2.19. The molecule has 4 aromatic rings. The average molecular weight is 362 g/mol. The number of ether oxygens (including phenoxy) is 1. The smallest absolute Gasteiger partial charge is 0.274 e. The summed E-state index contributed by atoms with van der Waals surface area (Å²) in [6, 6.07) is 13.0. The van der Waals surface area contributed by atoms with Gasteiger partial charge in [0.1, 0.15) is 17.1 Å². The Morgan fingerprint density at radius 2 is 1.89 bits per heavy atom. The zero-order chi connectivity index (χ0) is 19.1. The number of aromatic amines is 1. The van der Waals surface area contributed by atoms with Crippen LogP contribution < -0.4 is 10.3 Å². The maximum absolute atomic E-state index is 12.6. The monoisotopic (exact) mass is 362 g/mol. The molecule has 0 aliphatic heterocycles. The second-order valence-electron chi connectivity index (χ2n) is 6.39. The Hall–Kier alpha value is -3.61. The van der Waals surface area contributed by atoms with E-state index in [1.165, 1.54) is 18.2 Å². The van der Waals surface area contributed by atoms with Crippen LogP contribution in [-0.4, -0.2) is 46.4 Å². The van der Waals surface area contributed by atoms with Crippen LogP contribution in [0, 0.1) is 0 Å². The van der Waals surface area contributed by atoms with Crippen molar-refractivity contribution in [3.8, 4) is 17.1 Å². The van der Waals surface area contributed by atoms with Crippen molar-refractivity contribution in [2.75, 3.05) is 21.2 Å². The molecule has 0 saturated carbocycles. The summed E-state index contributed by atoms with van der Waals surface area (Å²) in [7, 11) is 4.86. The first-order chi connectivity index (χ1) is 13.0.